The van der Waals surface area contributed by atoms with E-state index in [0.29, 0.717) is 17.0 Å². The molecule has 1 aromatic rings. The quantitative estimate of drug-likeness (QED) is 0.533. The highest BCUT2D eigenvalue weighted by Crippen LogP contribution is 2.27. The van der Waals surface area contributed by atoms with Gasteiger partial charge in [-0.2, -0.15) is 0 Å². The number of phenolic OH excluding ortho intramolecular Hbond substituents is 1. The minimum atomic E-state index is -0.287. The van der Waals surface area contributed by atoms with Crippen LogP contribution in [0, 0.1) is 0 Å². The number of thiocarbonyl (C=S) groups is 1. The van der Waals surface area contributed by atoms with Crippen molar-refractivity contribution in [2.45, 2.75) is 0 Å². The van der Waals surface area contributed by atoms with Crippen molar-refractivity contribution in [3.05, 3.63) is 29.5 Å². The lowest BCUT2D eigenvalue weighted by atomic mass is 10.1. The Morgan fingerprint density at radius 2 is 2.18 bits per heavy atom. The van der Waals surface area contributed by atoms with E-state index in [2.05, 4.69) is 10.6 Å². The van der Waals surface area contributed by atoms with Gasteiger partial charge in [-0.3, -0.25) is 10.1 Å². The molecule has 1 aromatic carbocycles. The van der Waals surface area contributed by atoms with Crippen molar-refractivity contribution in [2.75, 3.05) is 7.11 Å². The number of rotatable bonds is 2. The van der Waals surface area contributed by atoms with Crippen LogP contribution in [0.4, 0.5) is 0 Å². The van der Waals surface area contributed by atoms with Crippen molar-refractivity contribution < 1.29 is 14.6 Å². The highest BCUT2D eigenvalue weighted by molar-refractivity contribution is 7.80. The molecule has 1 fully saturated rings. The summed E-state index contributed by atoms with van der Waals surface area (Å²) in [5.41, 5.74) is 1.02. The Morgan fingerprint density at radius 1 is 1.41 bits per heavy atom. The number of nitrogens with one attached hydrogen (secondary N) is 2. The maximum atomic E-state index is 11.4. The van der Waals surface area contributed by atoms with E-state index < -0.39 is 0 Å². The zero-order chi connectivity index (χ0) is 12.4. The van der Waals surface area contributed by atoms with Crippen LogP contribution in [0.3, 0.4) is 0 Å². The number of methoxy groups -OCH3 is 1. The molecule has 2 rings (SSSR count). The second-order valence-electron chi connectivity index (χ2n) is 3.40. The predicted octanol–water partition coefficient (Wildman–Crippen LogP) is 0.746. The lowest BCUT2D eigenvalue weighted by molar-refractivity contribution is -0.115. The van der Waals surface area contributed by atoms with Crippen LogP contribution in [0.15, 0.2) is 23.9 Å². The van der Waals surface area contributed by atoms with Gasteiger partial charge in [0.25, 0.3) is 5.91 Å². The van der Waals surface area contributed by atoms with E-state index in [4.69, 9.17) is 17.0 Å². The SMILES string of the molecule is COc1ccc(/C=C2/NC(=S)NC2=O)cc1O. The Morgan fingerprint density at radius 3 is 2.71 bits per heavy atom. The molecule has 0 bridgehead atoms. The fourth-order valence-electron chi connectivity index (χ4n) is 1.45. The molecule has 0 saturated carbocycles. The molecule has 0 spiro atoms. The normalized spacial score (nSPS) is 16.9. The number of amides is 1. The number of phenols is 1. The lowest BCUT2D eigenvalue weighted by Gasteiger charge is -2.03. The number of benzene rings is 1. The molecule has 1 amide bonds. The molecular weight excluding hydrogens is 240 g/mol. The maximum Gasteiger partial charge on any atom is 0.273 e. The van der Waals surface area contributed by atoms with Crippen LogP contribution in [-0.4, -0.2) is 23.2 Å². The molecule has 0 aromatic heterocycles. The second kappa shape index (κ2) is 4.42. The van der Waals surface area contributed by atoms with E-state index in [-0.39, 0.29) is 16.8 Å². The first-order valence-corrected chi connectivity index (χ1v) is 5.22. The van der Waals surface area contributed by atoms with E-state index in [1.165, 1.54) is 13.2 Å². The van der Waals surface area contributed by atoms with E-state index in [1.807, 2.05) is 0 Å². The van der Waals surface area contributed by atoms with Gasteiger partial charge in [-0.15, -0.1) is 0 Å². The summed E-state index contributed by atoms with van der Waals surface area (Å²) in [5.74, 6) is 0.111. The van der Waals surface area contributed by atoms with Gasteiger partial charge in [0.1, 0.15) is 5.70 Å². The van der Waals surface area contributed by atoms with E-state index in [1.54, 1.807) is 18.2 Å². The fourth-order valence-corrected chi connectivity index (χ4v) is 1.65. The molecule has 6 heteroatoms. The van der Waals surface area contributed by atoms with Crippen LogP contribution >= 0.6 is 12.2 Å². The summed E-state index contributed by atoms with van der Waals surface area (Å²) in [4.78, 5) is 11.4. The van der Waals surface area contributed by atoms with E-state index in [0.717, 1.165) is 0 Å². The number of hydrogen-bond donors (Lipinski definition) is 3. The Kier molecular flexibility index (Phi) is 2.97. The zero-order valence-electron chi connectivity index (χ0n) is 8.98. The Balaban J connectivity index is 2.30. The molecule has 0 unspecified atom stereocenters. The van der Waals surface area contributed by atoms with Crippen molar-refractivity contribution in [3.8, 4) is 11.5 Å². The van der Waals surface area contributed by atoms with Gasteiger partial charge in [-0.25, -0.2) is 0 Å². The molecule has 3 N–H and O–H groups in total. The van der Waals surface area contributed by atoms with Crippen molar-refractivity contribution in [1.82, 2.24) is 10.6 Å². The predicted molar refractivity (Wildman–Crippen MR) is 66.5 cm³/mol. The summed E-state index contributed by atoms with van der Waals surface area (Å²) in [7, 11) is 1.47. The lowest BCUT2D eigenvalue weighted by Crippen LogP contribution is -2.21. The summed E-state index contributed by atoms with van der Waals surface area (Å²) in [6, 6.07) is 4.84. The Bertz CT molecular complexity index is 525. The number of carbonyl (C=O) groups is 1. The molecule has 0 radical (unpaired) electrons. The van der Waals surface area contributed by atoms with Crippen molar-refractivity contribution in [3.63, 3.8) is 0 Å². The smallest absolute Gasteiger partial charge is 0.273 e. The summed E-state index contributed by atoms with van der Waals surface area (Å²) in [6.07, 6.45) is 1.59. The van der Waals surface area contributed by atoms with Gasteiger partial charge in [0, 0.05) is 0 Å². The molecule has 17 heavy (non-hydrogen) atoms. The summed E-state index contributed by atoms with van der Waals surface area (Å²) in [6.45, 7) is 0. The van der Waals surface area contributed by atoms with Crippen molar-refractivity contribution in [1.29, 1.82) is 0 Å². The largest absolute Gasteiger partial charge is 0.504 e. The number of aromatic hydroxyl groups is 1. The van der Waals surface area contributed by atoms with Gasteiger partial charge >= 0.3 is 0 Å². The molecule has 0 aliphatic carbocycles. The first kappa shape index (κ1) is 11.4. The maximum absolute atomic E-state index is 11.4. The molecular formula is C11H10N2O3S. The number of carbonyl (C=O) groups excluding carboxylic acids is 1. The standard InChI is InChI=1S/C11H10N2O3S/c1-16-9-3-2-6(5-8(9)14)4-7-10(15)13-11(17)12-7/h2-5,14H,1H3,(H2,12,13,15,17)/b7-4+. The molecule has 5 nitrogen and oxygen atoms in total. The van der Waals surface area contributed by atoms with Crippen LogP contribution in [0.25, 0.3) is 6.08 Å². The van der Waals surface area contributed by atoms with E-state index >= 15 is 0 Å². The third kappa shape index (κ3) is 2.36. The molecule has 0 atom stereocenters. The van der Waals surface area contributed by atoms with Crippen LogP contribution < -0.4 is 15.4 Å². The highest BCUT2D eigenvalue weighted by Gasteiger charge is 2.19. The van der Waals surface area contributed by atoms with Crippen LogP contribution in [0.2, 0.25) is 0 Å². The van der Waals surface area contributed by atoms with Gasteiger partial charge in [0.05, 0.1) is 7.11 Å². The van der Waals surface area contributed by atoms with Crippen LogP contribution in [0.5, 0.6) is 11.5 Å². The average Bonchev–Trinajstić information content (AvgIpc) is 2.58. The van der Waals surface area contributed by atoms with Gasteiger partial charge in [0.15, 0.2) is 16.6 Å². The van der Waals surface area contributed by atoms with Crippen molar-refractivity contribution in [2.24, 2.45) is 0 Å². The third-order valence-corrected chi connectivity index (χ3v) is 2.44. The molecule has 1 saturated heterocycles. The zero-order valence-corrected chi connectivity index (χ0v) is 9.80. The number of hydrogen-bond acceptors (Lipinski definition) is 4. The van der Waals surface area contributed by atoms with Gasteiger partial charge in [-0.05, 0) is 36.0 Å². The minimum absolute atomic E-state index is 0.0165. The fraction of sp³-hybridized carbons (Fsp3) is 0.0909. The topological polar surface area (TPSA) is 70.6 Å². The molecule has 88 valence electrons. The van der Waals surface area contributed by atoms with Crippen molar-refractivity contribution >= 4 is 29.3 Å². The van der Waals surface area contributed by atoms with Crippen LogP contribution in [0.1, 0.15) is 5.56 Å². The van der Waals surface area contributed by atoms with Crippen LogP contribution in [-0.2, 0) is 4.79 Å². The second-order valence-corrected chi connectivity index (χ2v) is 3.81. The molecule has 1 aliphatic rings. The van der Waals surface area contributed by atoms with Gasteiger partial charge < -0.3 is 15.2 Å². The third-order valence-electron chi connectivity index (χ3n) is 2.23. The summed E-state index contributed by atoms with van der Waals surface area (Å²) in [5, 5.41) is 15.0. The summed E-state index contributed by atoms with van der Waals surface area (Å²) >= 11 is 4.80. The molecule has 1 aliphatic heterocycles. The average molecular weight is 250 g/mol. The number of ether oxygens (including phenoxy) is 1. The summed E-state index contributed by atoms with van der Waals surface area (Å²) < 4.78 is 4.92. The molecule has 1 heterocycles. The minimum Gasteiger partial charge on any atom is -0.504 e. The first-order valence-electron chi connectivity index (χ1n) is 4.81. The first-order chi connectivity index (χ1) is 8.10. The Hall–Kier alpha value is -2.08. The van der Waals surface area contributed by atoms with E-state index in [9.17, 15) is 9.90 Å². The Labute approximate surface area is 103 Å². The van der Waals surface area contributed by atoms with Gasteiger partial charge in [-0.1, -0.05) is 6.07 Å². The monoisotopic (exact) mass is 250 g/mol. The highest BCUT2D eigenvalue weighted by atomic mass is 32.1. The van der Waals surface area contributed by atoms with Gasteiger partial charge in [0.2, 0.25) is 0 Å².